The van der Waals surface area contributed by atoms with Gasteiger partial charge < -0.3 is 14.4 Å². The topological polar surface area (TPSA) is 51.5 Å². The number of aromatic carboxylic acids is 1. The molecule has 0 radical (unpaired) electrons. The molecule has 4 heteroatoms. The molecule has 0 spiro atoms. The summed E-state index contributed by atoms with van der Waals surface area (Å²) in [5.74, 6) is -0.381. The van der Waals surface area contributed by atoms with E-state index in [1.165, 1.54) is 0 Å². The smallest absolute Gasteiger partial charge is 0.337 e. The summed E-state index contributed by atoms with van der Waals surface area (Å²) in [7, 11) is 1.54. The minimum absolute atomic E-state index is 0.226. The molecular formula is C13H13NO3. The number of rotatable bonds is 3. The second-order valence-corrected chi connectivity index (χ2v) is 3.71. The van der Waals surface area contributed by atoms with E-state index in [-0.39, 0.29) is 5.56 Å². The highest BCUT2D eigenvalue weighted by molar-refractivity contribution is 5.93. The fourth-order valence-electron chi connectivity index (χ4n) is 1.84. The van der Waals surface area contributed by atoms with Gasteiger partial charge in [0.05, 0.1) is 12.7 Å². The second-order valence-electron chi connectivity index (χ2n) is 3.71. The Labute approximate surface area is 99.1 Å². The van der Waals surface area contributed by atoms with Crippen LogP contribution in [-0.4, -0.2) is 22.8 Å². The normalized spacial score (nSPS) is 10.2. The minimum Gasteiger partial charge on any atom is -0.494 e. The molecule has 0 aliphatic rings. The minimum atomic E-state index is -0.966. The first-order valence-corrected chi connectivity index (χ1v) is 5.19. The molecule has 1 aromatic heterocycles. The van der Waals surface area contributed by atoms with Crippen LogP contribution in [0, 0.1) is 6.92 Å². The predicted octanol–water partition coefficient (Wildman–Crippen LogP) is 2.49. The monoisotopic (exact) mass is 231 g/mol. The highest BCUT2D eigenvalue weighted by Gasteiger charge is 2.17. The maximum absolute atomic E-state index is 11.2. The number of carbonyl (C=O) groups is 1. The van der Waals surface area contributed by atoms with E-state index in [0.717, 1.165) is 5.56 Å². The van der Waals surface area contributed by atoms with Crippen molar-refractivity contribution in [3.8, 4) is 11.4 Å². The lowest BCUT2D eigenvalue weighted by molar-refractivity contribution is 0.0696. The van der Waals surface area contributed by atoms with Crippen molar-refractivity contribution in [2.75, 3.05) is 7.11 Å². The number of hydrogen-bond donors (Lipinski definition) is 1. The highest BCUT2D eigenvalue weighted by atomic mass is 16.5. The Hall–Kier alpha value is -2.23. The van der Waals surface area contributed by atoms with Crippen molar-refractivity contribution in [2.45, 2.75) is 6.92 Å². The lowest BCUT2D eigenvalue weighted by Crippen LogP contribution is -2.07. The van der Waals surface area contributed by atoms with Crippen molar-refractivity contribution in [3.63, 3.8) is 0 Å². The summed E-state index contributed by atoms with van der Waals surface area (Å²) in [6.07, 6.45) is 3.59. The second kappa shape index (κ2) is 4.33. The first-order valence-electron chi connectivity index (χ1n) is 5.19. The Morgan fingerprint density at radius 3 is 2.47 bits per heavy atom. The molecule has 0 bridgehead atoms. The quantitative estimate of drug-likeness (QED) is 0.882. The Bertz CT molecular complexity index is 544. The van der Waals surface area contributed by atoms with Gasteiger partial charge in [0.2, 0.25) is 0 Å². The zero-order valence-corrected chi connectivity index (χ0v) is 9.68. The van der Waals surface area contributed by atoms with E-state index in [2.05, 4.69) is 0 Å². The average Bonchev–Trinajstić information content (AvgIpc) is 2.81. The summed E-state index contributed by atoms with van der Waals surface area (Å²) in [5, 5.41) is 9.21. The SMILES string of the molecule is COc1c(C)ccc(C(=O)O)c1-n1cccc1. The average molecular weight is 231 g/mol. The van der Waals surface area contributed by atoms with Gasteiger partial charge in [-0.3, -0.25) is 0 Å². The van der Waals surface area contributed by atoms with Gasteiger partial charge in [-0.15, -0.1) is 0 Å². The van der Waals surface area contributed by atoms with Crippen LogP contribution < -0.4 is 4.74 Å². The molecular weight excluding hydrogens is 218 g/mol. The van der Waals surface area contributed by atoms with Crippen LogP contribution in [0.4, 0.5) is 0 Å². The first-order chi connectivity index (χ1) is 8.15. The van der Waals surface area contributed by atoms with E-state index in [0.29, 0.717) is 11.4 Å². The lowest BCUT2D eigenvalue weighted by atomic mass is 10.1. The summed E-state index contributed by atoms with van der Waals surface area (Å²) < 4.78 is 7.05. The summed E-state index contributed by atoms with van der Waals surface area (Å²) in [5.41, 5.74) is 1.69. The number of ether oxygens (including phenoxy) is 1. The van der Waals surface area contributed by atoms with E-state index >= 15 is 0 Å². The van der Waals surface area contributed by atoms with E-state index in [1.54, 1.807) is 36.2 Å². The molecule has 88 valence electrons. The molecule has 0 unspecified atom stereocenters. The Kier molecular flexibility index (Phi) is 2.87. The van der Waals surface area contributed by atoms with Crippen molar-refractivity contribution in [1.82, 2.24) is 4.57 Å². The predicted molar refractivity (Wildman–Crippen MR) is 64.0 cm³/mol. The van der Waals surface area contributed by atoms with Crippen LogP contribution in [0.3, 0.4) is 0 Å². The number of hydrogen-bond acceptors (Lipinski definition) is 2. The Balaban J connectivity index is 2.76. The number of benzene rings is 1. The standard InChI is InChI=1S/C13H13NO3/c1-9-5-6-10(13(15)16)11(12(9)17-2)14-7-3-4-8-14/h3-8H,1-2H3,(H,15,16). The maximum Gasteiger partial charge on any atom is 0.337 e. The molecule has 0 atom stereocenters. The van der Waals surface area contributed by atoms with Crippen molar-refractivity contribution in [1.29, 1.82) is 0 Å². The van der Waals surface area contributed by atoms with Crippen LogP contribution in [-0.2, 0) is 0 Å². The van der Waals surface area contributed by atoms with E-state index in [1.807, 2.05) is 19.1 Å². The summed E-state index contributed by atoms with van der Waals surface area (Å²) >= 11 is 0. The molecule has 0 aliphatic carbocycles. The van der Waals surface area contributed by atoms with Gasteiger partial charge in [-0.2, -0.15) is 0 Å². The van der Waals surface area contributed by atoms with Gasteiger partial charge in [-0.1, -0.05) is 6.07 Å². The molecule has 0 amide bonds. The van der Waals surface area contributed by atoms with E-state index in [4.69, 9.17) is 4.74 Å². The molecule has 2 rings (SSSR count). The van der Waals surface area contributed by atoms with Gasteiger partial charge in [-0.25, -0.2) is 4.79 Å². The molecule has 1 N–H and O–H groups in total. The largest absolute Gasteiger partial charge is 0.494 e. The van der Waals surface area contributed by atoms with E-state index < -0.39 is 5.97 Å². The number of methoxy groups -OCH3 is 1. The molecule has 2 aromatic rings. The third-order valence-corrected chi connectivity index (χ3v) is 2.63. The number of aromatic nitrogens is 1. The van der Waals surface area contributed by atoms with Crippen molar-refractivity contribution in [2.24, 2.45) is 0 Å². The van der Waals surface area contributed by atoms with Crippen LogP contribution in [0.2, 0.25) is 0 Å². The van der Waals surface area contributed by atoms with Gasteiger partial charge in [0, 0.05) is 12.4 Å². The molecule has 0 aliphatic heterocycles. The number of aryl methyl sites for hydroxylation is 1. The number of carboxylic acid groups (broad SMARTS) is 1. The molecule has 4 nitrogen and oxygen atoms in total. The molecule has 0 fully saturated rings. The third kappa shape index (κ3) is 1.89. The zero-order chi connectivity index (χ0) is 12.4. The third-order valence-electron chi connectivity index (χ3n) is 2.63. The van der Waals surface area contributed by atoms with Crippen molar-refractivity contribution in [3.05, 3.63) is 47.8 Å². The molecule has 1 aromatic carbocycles. The van der Waals surface area contributed by atoms with E-state index in [9.17, 15) is 9.90 Å². The van der Waals surface area contributed by atoms with Crippen molar-refractivity contribution >= 4 is 5.97 Å². The van der Waals surface area contributed by atoms with Crippen LogP contribution in [0.5, 0.6) is 5.75 Å². The molecule has 0 saturated heterocycles. The van der Waals surface area contributed by atoms with Gasteiger partial charge >= 0.3 is 5.97 Å². The first kappa shape index (κ1) is 11.3. The maximum atomic E-state index is 11.2. The Morgan fingerprint density at radius 1 is 1.29 bits per heavy atom. The van der Waals surface area contributed by atoms with Gasteiger partial charge in [0.15, 0.2) is 0 Å². The van der Waals surface area contributed by atoms with Gasteiger partial charge in [0.25, 0.3) is 0 Å². The Morgan fingerprint density at radius 2 is 1.94 bits per heavy atom. The lowest BCUT2D eigenvalue weighted by Gasteiger charge is -2.14. The fourth-order valence-corrected chi connectivity index (χ4v) is 1.84. The summed E-state index contributed by atoms with van der Waals surface area (Å²) in [6.45, 7) is 1.89. The van der Waals surface area contributed by atoms with Gasteiger partial charge in [-0.05, 0) is 30.7 Å². The molecule has 0 saturated carbocycles. The molecule has 1 heterocycles. The van der Waals surface area contributed by atoms with Crippen LogP contribution in [0.25, 0.3) is 5.69 Å². The molecule has 17 heavy (non-hydrogen) atoms. The van der Waals surface area contributed by atoms with Crippen LogP contribution in [0.15, 0.2) is 36.7 Å². The summed E-state index contributed by atoms with van der Waals surface area (Å²) in [6, 6.07) is 7.02. The van der Waals surface area contributed by atoms with Crippen LogP contribution >= 0.6 is 0 Å². The van der Waals surface area contributed by atoms with Crippen LogP contribution in [0.1, 0.15) is 15.9 Å². The zero-order valence-electron chi connectivity index (χ0n) is 9.68. The van der Waals surface area contributed by atoms with Gasteiger partial charge in [0.1, 0.15) is 11.4 Å². The summed E-state index contributed by atoms with van der Waals surface area (Å²) in [4.78, 5) is 11.2. The highest BCUT2D eigenvalue weighted by Crippen LogP contribution is 2.30. The number of carboxylic acids is 1. The number of nitrogens with zero attached hydrogens (tertiary/aromatic N) is 1. The van der Waals surface area contributed by atoms with Crippen molar-refractivity contribution < 1.29 is 14.6 Å². The fraction of sp³-hybridized carbons (Fsp3) is 0.154.